The molecule has 0 aliphatic heterocycles. The van der Waals surface area contributed by atoms with E-state index in [1.165, 1.54) is 30.2 Å². The average Bonchev–Trinajstić information content (AvgIpc) is 3.01. The van der Waals surface area contributed by atoms with Crippen LogP contribution in [-0.4, -0.2) is 34.6 Å². The number of rotatable bonds is 6. The van der Waals surface area contributed by atoms with E-state index in [4.69, 9.17) is 4.74 Å². The lowest BCUT2D eigenvalue weighted by Crippen LogP contribution is -2.35. The highest BCUT2D eigenvalue weighted by molar-refractivity contribution is 7.20. The first kappa shape index (κ1) is 19.5. The van der Waals surface area contributed by atoms with E-state index >= 15 is 0 Å². The second-order valence-electron chi connectivity index (χ2n) is 6.94. The third-order valence-electron chi connectivity index (χ3n) is 5.00. The molecule has 7 nitrogen and oxygen atoms in total. The van der Waals surface area contributed by atoms with Crippen molar-refractivity contribution in [1.82, 2.24) is 14.9 Å². The summed E-state index contributed by atoms with van der Waals surface area (Å²) in [4.78, 5) is 42.2. The molecule has 1 aliphatic carbocycles. The number of carbonyl (C=O) groups is 2. The van der Waals surface area contributed by atoms with Crippen LogP contribution in [0.5, 0.6) is 0 Å². The molecule has 2 aromatic heterocycles. The summed E-state index contributed by atoms with van der Waals surface area (Å²) in [5.41, 5.74) is 0.250. The minimum absolute atomic E-state index is 0.0709. The first-order valence-corrected chi connectivity index (χ1v) is 10.2. The number of aromatic nitrogens is 2. The Bertz CT molecular complexity index is 896. The maximum atomic E-state index is 12.8. The van der Waals surface area contributed by atoms with Crippen molar-refractivity contribution in [3.05, 3.63) is 27.1 Å². The Morgan fingerprint density at radius 3 is 2.78 bits per heavy atom. The predicted molar refractivity (Wildman–Crippen MR) is 104 cm³/mol. The van der Waals surface area contributed by atoms with Crippen molar-refractivity contribution in [2.75, 3.05) is 13.2 Å². The number of nitrogens with zero attached hydrogens (tertiary/aromatic N) is 2. The fraction of sp³-hybridized carbons (Fsp3) is 0.579. The molecular formula is C19H25N3O4S. The molecular weight excluding hydrogens is 366 g/mol. The van der Waals surface area contributed by atoms with Gasteiger partial charge in [0.1, 0.15) is 16.3 Å². The number of aryl methyl sites for hydroxylation is 1. The number of amides is 1. The Labute approximate surface area is 161 Å². The van der Waals surface area contributed by atoms with Crippen molar-refractivity contribution in [3.8, 4) is 0 Å². The highest BCUT2D eigenvalue weighted by Gasteiger charge is 2.21. The highest BCUT2D eigenvalue weighted by atomic mass is 32.1. The molecule has 8 heteroatoms. The van der Waals surface area contributed by atoms with Crippen molar-refractivity contribution in [2.45, 2.75) is 52.5 Å². The van der Waals surface area contributed by atoms with E-state index in [0.29, 0.717) is 33.1 Å². The van der Waals surface area contributed by atoms with Crippen molar-refractivity contribution >= 4 is 33.4 Å². The van der Waals surface area contributed by atoms with Gasteiger partial charge in [0.2, 0.25) is 5.91 Å². The van der Waals surface area contributed by atoms with Crippen LogP contribution in [0.1, 0.15) is 54.3 Å². The summed E-state index contributed by atoms with van der Waals surface area (Å²) in [5.74, 6) is -0.109. The van der Waals surface area contributed by atoms with Crippen LogP contribution in [0.2, 0.25) is 0 Å². The SMILES string of the molecule is CCOC(=O)c1sc2ncn(CC(=O)NCC3CCCCC3)c(=O)c2c1C. The molecule has 0 aromatic carbocycles. The number of fused-ring (bicyclic) bond motifs is 1. The highest BCUT2D eigenvalue weighted by Crippen LogP contribution is 2.27. The number of nitrogens with one attached hydrogen (secondary N) is 1. The van der Waals surface area contributed by atoms with Gasteiger partial charge in [-0.25, -0.2) is 9.78 Å². The van der Waals surface area contributed by atoms with Crippen LogP contribution < -0.4 is 10.9 Å². The normalized spacial score (nSPS) is 15.0. The Morgan fingerprint density at radius 2 is 2.07 bits per heavy atom. The van der Waals surface area contributed by atoms with Crippen LogP contribution in [-0.2, 0) is 16.1 Å². The zero-order valence-electron chi connectivity index (χ0n) is 15.7. The second kappa shape index (κ2) is 8.65. The van der Waals surface area contributed by atoms with Crippen LogP contribution >= 0.6 is 11.3 Å². The standard InChI is InChI=1S/C19H25N3O4S/c1-3-26-19(25)16-12(2)15-17(27-16)21-11-22(18(15)24)10-14(23)20-9-13-7-5-4-6-8-13/h11,13H,3-10H2,1-2H3,(H,20,23). The average molecular weight is 391 g/mol. The lowest BCUT2D eigenvalue weighted by molar-refractivity contribution is -0.121. The van der Waals surface area contributed by atoms with Crippen molar-refractivity contribution in [1.29, 1.82) is 0 Å². The van der Waals surface area contributed by atoms with Crippen LogP contribution in [0.15, 0.2) is 11.1 Å². The molecule has 1 saturated carbocycles. The minimum atomic E-state index is -0.450. The van der Waals surface area contributed by atoms with E-state index in [9.17, 15) is 14.4 Å². The van der Waals surface area contributed by atoms with Gasteiger partial charge in [0.15, 0.2) is 0 Å². The fourth-order valence-corrected chi connectivity index (χ4v) is 4.56. The van der Waals surface area contributed by atoms with E-state index in [0.717, 1.165) is 24.2 Å². The Kier molecular flexibility index (Phi) is 6.26. The topological polar surface area (TPSA) is 90.3 Å². The van der Waals surface area contributed by atoms with Crippen LogP contribution in [0, 0.1) is 12.8 Å². The van der Waals surface area contributed by atoms with Crippen molar-refractivity contribution in [3.63, 3.8) is 0 Å². The number of hydrogen-bond donors (Lipinski definition) is 1. The molecule has 146 valence electrons. The zero-order chi connectivity index (χ0) is 19.4. The summed E-state index contributed by atoms with van der Waals surface area (Å²) in [7, 11) is 0. The van der Waals surface area contributed by atoms with Crippen LogP contribution in [0.3, 0.4) is 0 Å². The number of ether oxygens (including phenoxy) is 1. The summed E-state index contributed by atoms with van der Waals surface area (Å²) in [6.07, 6.45) is 7.40. The first-order valence-electron chi connectivity index (χ1n) is 9.43. The van der Waals surface area contributed by atoms with E-state index < -0.39 is 5.97 Å². The van der Waals surface area contributed by atoms with Gasteiger partial charge in [0, 0.05) is 6.54 Å². The predicted octanol–water partition coefficient (Wildman–Crippen LogP) is 2.64. The number of hydrogen-bond acceptors (Lipinski definition) is 6. The number of thiophene rings is 1. The first-order chi connectivity index (χ1) is 13.0. The maximum absolute atomic E-state index is 12.8. The largest absolute Gasteiger partial charge is 0.462 e. The maximum Gasteiger partial charge on any atom is 0.348 e. The van der Waals surface area contributed by atoms with Crippen LogP contribution in [0.4, 0.5) is 0 Å². The molecule has 1 N–H and O–H groups in total. The van der Waals surface area contributed by atoms with Gasteiger partial charge in [-0.1, -0.05) is 19.3 Å². The van der Waals surface area contributed by atoms with E-state index in [-0.39, 0.29) is 24.6 Å². The molecule has 0 atom stereocenters. The van der Waals surface area contributed by atoms with Gasteiger partial charge < -0.3 is 10.1 Å². The molecule has 2 heterocycles. The lowest BCUT2D eigenvalue weighted by Gasteiger charge is -2.21. The molecule has 27 heavy (non-hydrogen) atoms. The summed E-state index contributed by atoms with van der Waals surface area (Å²) in [5, 5.41) is 3.31. The Morgan fingerprint density at radius 1 is 1.33 bits per heavy atom. The molecule has 0 bridgehead atoms. The second-order valence-corrected chi connectivity index (χ2v) is 7.94. The molecule has 0 saturated heterocycles. The smallest absolute Gasteiger partial charge is 0.348 e. The zero-order valence-corrected chi connectivity index (χ0v) is 16.6. The van der Waals surface area contributed by atoms with Crippen molar-refractivity contribution in [2.24, 2.45) is 5.92 Å². The molecule has 1 amide bonds. The fourth-order valence-electron chi connectivity index (χ4n) is 3.52. The quantitative estimate of drug-likeness (QED) is 0.765. The number of carbonyl (C=O) groups excluding carboxylic acids is 2. The summed E-state index contributed by atoms with van der Waals surface area (Å²) in [6.45, 7) is 4.30. The molecule has 3 rings (SSSR count). The monoisotopic (exact) mass is 391 g/mol. The van der Waals surface area contributed by atoms with Gasteiger partial charge in [-0.3, -0.25) is 14.2 Å². The molecule has 1 fully saturated rings. The van der Waals surface area contributed by atoms with Gasteiger partial charge in [0.25, 0.3) is 5.56 Å². The molecule has 0 radical (unpaired) electrons. The van der Waals surface area contributed by atoms with E-state index in [1.54, 1.807) is 13.8 Å². The third-order valence-corrected chi connectivity index (χ3v) is 6.18. The van der Waals surface area contributed by atoms with Gasteiger partial charge >= 0.3 is 5.97 Å². The summed E-state index contributed by atoms with van der Waals surface area (Å²) in [6, 6.07) is 0. The van der Waals surface area contributed by atoms with E-state index in [2.05, 4.69) is 10.3 Å². The van der Waals surface area contributed by atoms with Gasteiger partial charge in [-0.15, -0.1) is 11.3 Å². The third kappa shape index (κ3) is 4.37. The lowest BCUT2D eigenvalue weighted by atomic mass is 9.89. The molecule has 2 aromatic rings. The van der Waals surface area contributed by atoms with Gasteiger partial charge in [-0.2, -0.15) is 0 Å². The Balaban J connectivity index is 1.74. The summed E-state index contributed by atoms with van der Waals surface area (Å²) < 4.78 is 6.33. The molecule has 1 aliphatic rings. The van der Waals surface area contributed by atoms with Gasteiger partial charge in [0.05, 0.1) is 18.3 Å². The minimum Gasteiger partial charge on any atom is -0.462 e. The van der Waals surface area contributed by atoms with E-state index in [1.807, 2.05) is 0 Å². The Hall–Kier alpha value is -2.22. The van der Waals surface area contributed by atoms with Gasteiger partial charge in [-0.05, 0) is 38.2 Å². The van der Waals surface area contributed by atoms with Crippen molar-refractivity contribution < 1.29 is 14.3 Å². The number of esters is 1. The molecule has 0 spiro atoms. The summed E-state index contributed by atoms with van der Waals surface area (Å²) >= 11 is 1.14. The van der Waals surface area contributed by atoms with Crippen LogP contribution in [0.25, 0.3) is 10.2 Å². The molecule has 0 unspecified atom stereocenters.